The van der Waals surface area contributed by atoms with Crippen molar-refractivity contribution in [1.29, 1.82) is 5.41 Å². The molecular formula is C19H23N3O2. The summed E-state index contributed by atoms with van der Waals surface area (Å²) in [4.78, 5) is 12.2. The van der Waals surface area contributed by atoms with E-state index < -0.39 is 0 Å². The van der Waals surface area contributed by atoms with Crippen LogP contribution in [0.2, 0.25) is 0 Å². The summed E-state index contributed by atoms with van der Waals surface area (Å²) >= 11 is 0. The van der Waals surface area contributed by atoms with Crippen molar-refractivity contribution in [2.75, 3.05) is 18.7 Å². The number of rotatable bonds is 8. The molecule has 0 aliphatic carbocycles. The third kappa shape index (κ3) is 4.67. The second kappa shape index (κ2) is 8.84. The van der Waals surface area contributed by atoms with E-state index in [1.54, 1.807) is 24.2 Å². The Morgan fingerprint density at radius 3 is 2.54 bits per heavy atom. The summed E-state index contributed by atoms with van der Waals surface area (Å²) in [6.07, 6.45) is 0.652. The number of anilines is 1. The molecule has 0 aromatic heterocycles. The van der Waals surface area contributed by atoms with Gasteiger partial charge in [-0.05, 0) is 19.1 Å². The van der Waals surface area contributed by atoms with Gasteiger partial charge in [0.05, 0.1) is 12.3 Å². The number of carbonyl (C=O) groups is 1. The van der Waals surface area contributed by atoms with Crippen molar-refractivity contribution in [1.82, 2.24) is 5.43 Å². The van der Waals surface area contributed by atoms with Crippen LogP contribution in [-0.2, 0) is 0 Å². The minimum atomic E-state index is 0.0412. The Morgan fingerprint density at radius 2 is 1.88 bits per heavy atom. The Balaban J connectivity index is 2.01. The van der Waals surface area contributed by atoms with Crippen LogP contribution >= 0.6 is 0 Å². The summed E-state index contributed by atoms with van der Waals surface area (Å²) in [6, 6.07) is 16.7. The van der Waals surface area contributed by atoms with Gasteiger partial charge in [-0.1, -0.05) is 36.4 Å². The molecule has 2 rings (SSSR count). The zero-order valence-corrected chi connectivity index (χ0v) is 14.1. The molecule has 5 heteroatoms. The number of ether oxygens (including phenoxy) is 1. The Labute approximate surface area is 142 Å². The number of carbonyl (C=O) groups excluding carboxylic acids is 1. The quantitative estimate of drug-likeness (QED) is 0.336. The molecule has 5 nitrogen and oxygen atoms in total. The molecule has 0 bridgehead atoms. The van der Waals surface area contributed by atoms with Gasteiger partial charge in [-0.25, -0.2) is 5.43 Å². The molecule has 0 aliphatic rings. The van der Waals surface area contributed by atoms with Gasteiger partial charge in [-0.2, -0.15) is 0 Å². The first-order valence-electron chi connectivity index (χ1n) is 8.01. The SMILES string of the molecule is CCOc1cccc(N(NC)C(=N)CCC(=O)c2ccccc2)c1. The maximum Gasteiger partial charge on any atom is 0.163 e. The summed E-state index contributed by atoms with van der Waals surface area (Å²) in [6.45, 7) is 2.52. The standard InChI is InChI=1S/C19H23N3O2/c1-3-24-17-11-7-10-16(14-17)22(21-2)19(20)13-12-18(23)15-8-5-4-6-9-15/h4-11,14,20-21H,3,12-13H2,1-2H3. The minimum Gasteiger partial charge on any atom is -0.494 e. The average molecular weight is 325 g/mol. The largest absolute Gasteiger partial charge is 0.494 e. The number of hydrogen-bond acceptors (Lipinski definition) is 4. The van der Waals surface area contributed by atoms with E-state index in [1.807, 2.05) is 49.4 Å². The number of Topliss-reactive ketones (excluding diaryl/α,β-unsaturated/α-hetero) is 1. The first kappa shape index (κ1) is 17.7. The van der Waals surface area contributed by atoms with Gasteiger partial charge < -0.3 is 4.74 Å². The van der Waals surface area contributed by atoms with Crippen LogP contribution in [0.25, 0.3) is 0 Å². The molecule has 126 valence electrons. The normalized spacial score (nSPS) is 10.2. The molecule has 2 N–H and O–H groups in total. The second-order valence-corrected chi connectivity index (χ2v) is 5.23. The maximum absolute atomic E-state index is 12.2. The van der Waals surface area contributed by atoms with E-state index in [1.165, 1.54) is 0 Å². The number of hydrogen-bond donors (Lipinski definition) is 2. The lowest BCUT2D eigenvalue weighted by molar-refractivity contribution is 0.0984. The van der Waals surface area contributed by atoms with E-state index in [0.29, 0.717) is 30.8 Å². The molecule has 0 amide bonds. The number of amidine groups is 1. The number of nitrogens with one attached hydrogen (secondary N) is 2. The molecule has 0 fully saturated rings. The zero-order chi connectivity index (χ0) is 17.4. The Bertz CT molecular complexity index is 686. The average Bonchev–Trinajstić information content (AvgIpc) is 2.62. The van der Waals surface area contributed by atoms with Crippen LogP contribution in [0.1, 0.15) is 30.1 Å². The molecule has 0 unspecified atom stereocenters. The lowest BCUT2D eigenvalue weighted by atomic mass is 10.1. The van der Waals surface area contributed by atoms with Crippen molar-refractivity contribution in [2.45, 2.75) is 19.8 Å². The van der Waals surface area contributed by atoms with E-state index in [-0.39, 0.29) is 5.78 Å². The van der Waals surface area contributed by atoms with Crippen LogP contribution < -0.4 is 15.2 Å². The van der Waals surface area contributed by atoms with E-state index >= 15 is 0 Å². The summed E-state index contributed by atoms with van der Waals surface area (Å²) in [5.41, 5.74) is 4.48. The van der Waals surface area contributed by atoms with Gasteiger partial charge in [0.1, 0.15) is 11.6 Å². The number of nitrogens with zero attached hydrogens (tertiary/aromatic N) is 1. The van der Waals surface area contributed by atoms with Gasteiger partial charge in [0, 0.05) is 31.5 Å². The van der Waals surface area contributed by atoms with Crippen molar-refractivity contribution >= 4 is 17.3 Å². The van der Waals surface area contributed by atoms with Crippen LogP contribution in [0.5, 0.6) is 5.75 Å². The molecule has 2 aromatic carbocycles. The topological polar surface area (TPSA) is 65.4 Å². The Morgan fingerprint density at radius 1 is 1.12 bits per heavy atom. The highest BCUT2D eigenvalue weighted by molar-refractivity contribution is 6.01. The van der Waals surface area contributed by atoms with Crippen LogP contribution in [0.15, 0.2) is 54.6 Å². The molecule has 0 spiro atoms. The third-order valence-electron chi connectivity index (χ3n) is 3.56. The van der Waals surface area contributed by atoms with Crippen molar-refractivity contribution in [3.8, 4) is 5.75 Å². The molecule has 24 heavy (non-hydrogen) atoms. The molecule has 0 saturated carbocycles. The highest BCUT2D eigenvalue weighted by Gasteiger charge is 2.14. The van der Waals surface area contributed by atoms with Crippen molar-refractivity contribution < 1.29 is 9.53 Å². The number of hydrazine groups is 1. The molecular weight excluding hydrogens is 302 g/mol. The summed E-state index contributed by atoms with van der Waals surface area (Å²) in [7, 11) is 1.75. The maximum atomic E-state index is 12.2. The van der Waals surface area contributed by atoms with Crippen molar-refractivity contribution in [3.63, 3.8) is 0 Å². The Hall–Kier alpha value is -2.66. The molecule has 0 saturated heterocycles. The van der Waals surface area contributed by atoms with Crippen LogP contribution in [-0.4, -0.2) is 25.3 Å². The summed E-state index contributed by atoms with van der Waals surface area (Å²) < 4.78 is 5.50. The smallest absolute Gasteiger partial charge is 0.163 e. The first-order valence-corrected chi connectivity index (χ1v) is 8.01. The van der Waals surface area contributed by atoms with E-state index in [2.05, 4.69) is 5.43 Å². The van der Waals surface area contributed by atoms with Crippen LogP contribution in [0.4, 0.5) is 5.69 Å². The minimum absolute atomic E-state index is 0.0412. The van der Waals surface area contributed by atoms with Crippen molar-refractivity contribution in [2.24, 2.45) is 0 Å². The zero-order valence-electron chi connectivity index (χ0n) is 14.1. The van der Waals surface area contributed by atoms with E-state index in [0.717, 1.165) is 11.4 Å². The third-order valence-corrected chi connectivity index (χ3v) is 3.56. The molecule has 0 radical (unpaired) electrons. The number of benzene rings is 2. The second-order valence-electron chi connectivity index (χ2n) is 5.23. The fraction of sp³-hybridized carbons (Fsp3) is 0.263. The molecule has 2 aromatic rings. The fourth-order valence-electron chi connectivity index (χ4n) is 2.41. The molecule has 0 heterocycles. The monoisotopic (exact) mass is 325 g/mol. The molecule has 0 atom stereocenters. The number of ketones is 1. The van der Waals surface area contributed by atoms with Gasteiger partial charge in [-0.3, -0.25) is 15.2 Å². The highest BCUT2D eigenvalue weighted by atomic mass is 16.5. The van der Waals surface area contributed by atoms with E-state index in [9.17, 15) is 4.79 Å². The summed E-state index contributed by atoms with van der Waals surface area (Å²) in [5.74, 6) is 1.12. The summed E-state index contributed by atoms with van der Waals surface area (Å²) in [5, 5.41) is 9.94. The molecule has 0 aliphatic heterocycles. The predicted octanol–water partition coefficient (Wildman–Crippen LogP) is 3.67. The van der Waals surface area contributed by atoms with Gasteiger partial charge in [0.15, 0.2) is 5.78 Å². The van der Waals surface area contributed by atoms with Crippen molar-refractivity contribution in [3.05, 3.63) is 60.2 Å². The van der Waals surface area contributed by atoms with Gasteiger partial charge in [0.25, 0.3) is 0 Å². The predicted molar refractivity (Wildman–Crippen MR) is 96.9 cm³/mol. The van der Waals surface area contributed by atoms with Gasteiger partial charge >= 0.3 is 0 Å². The van der Waals surface area contributed by atoms with E-state index in [4.69, 9.17) is 10.1 Å². The van der Waals surface area contributed by atoms with Crippen LogP contribution in [0.3, 0.4) is 0 Å². The Kier molecular flexibility index (Phi) is 6.51. The van der Waals surface area contributed by atoms with Crippen LogP contribution in [0, 0.1) is 5.41 Å². The highest BCUT2D eigenvalue weighted by Crippen LogP contribution is 2.21. The van der Waals surface area contributed by atoms with Gasteiger partial charge in [-0.15, -0.1) is 0 Å². The first-order chi connectivity index (χ1) is 11.7. The fourth-order valence-corrected chi connectivity index (χ4v) is 2.41. The van der Waals surface area contributed by atoms with Gasteiger partial charge in [0.2, 0.25) is 0 Å². The lowest BCUT2D eigenvalue weighted by Crippen LogP contribution is -2.40. The lowest BCUT2D eigenvalue weighted by Gasteiger charge is -2.24.